The zero-order chi connectivity index (χ0) is 31.3. The van der Waals surface area contributed by atoms with E-state index in [1.807, 2.05) is 6.07 Å². The molecule has 0 aliphatic heterocycles. The number of aryl methyl sites for hydroxylation is 1. The third-order valence-corrected chi connectivity index (χ3v) is 7.35. The second kappa shape index (κ2) is 13.3. The lowest BCUT2D eigenvalue weighted by molar-refractivity contribution is -0.142. The van der Waals surface area contributed by atoms with E-state index in [4.69, 9.17) is 14.2 Å². The van der Waals surface area contributed by atoms with E-state index in [0.29, 0.717) is 52.3 Å². The maximum Gasteiger partial charge on any atom is 0.330 e. The maximum atomic E-state index is 13.6. The summed E-state index contributed by atoms with van der Waals surface area (Å²) in [5, 5.41) is 18.1. The molecule has 0 spiro atoms. The van der Waals surface area contributed by atoms with Crippen molar-refractivity contribution >= 4 is 23.5 Å². The van der Waals surface area contributed by atoms with Gasteiger partial charge in [0.15, 0.2) is 17.5 Å². The van der Waals surface area contributed by atoms with E-state index in [2.05, 4.69) is 16.0 Å². The number of nitrogens with one attached hydrogen (secondary N) is 3. The molecule has 3 aromatic carbocycles. The van der Waals surface area contributed by atoms with Gasteiger partial charge >= 0.3 is 5.97 Å². The number of carboxylic acid groups (broad SMARTS) is 1. The number of rotatable bonds is 10. The first-order valence-electron chi connectivity index (χ1n) is 13.7. The zero-order valence-corrected chi connectivity index (χ0v) is 24.6. The molecule has 1 aliphatic carbocycles. The second-order valence-electron chi connectivity index (χ2n) is 10.2. The number of benzene rings is 2. The SMILES string of the molecule is COc1cc2c(c(OC)c1OC)-c1ccc(N[C@@H](C)C(=O)N[C@H](C(=O)O)c3ccccc3)c(=O)cc1[C@@H](NC(C)=O)CC2. The van der Waals surface area contributed by atoms with Crippen LogP contribution < -0.4 is 35.6 Å². The normalized spacial score (nSPS) is 15.0. The average molecular weight is 590 g/mol. The first-order chi connectivity index (χ1) is 20.6. The fourth-order valence-corrected chi connectivity index (χ4v) is 5.33. The Balaban J connectivity index is 1.77. The number of anilines is 1. The fourth-order valence-electron chi connectivity index (χ4n) is 5.33. The number of carboxylic acids is 1. The van der Waals surface area contributed by atoms with Crippen LogP contribution in [0.2, 0.25) is 0 Å². The van der Waals surface area contributed by atoms with Gasteiger partial charge in [-0.3, -0.25) is 14.4 Å². The summed E-state index contributed by atoms with van der Waals surface area (Å²) in [6.45, 7) is 2.95. The number of hydrogen-bond acceptors (Lipinski definition) is 8. The lowest BCUT2D eigenvalue weighted by atomic mass is 9.95. The molecule has 0 unspecified atom stereocenters. The number of aliphatic carboxylic acids is 1. The average Bonchev–Trinajstić information content (AvgIpc) is 3.23. The van der Waals surface area contributed by atoms with Gasteiger partial charge in [0.05, 0.1) is 33.1 Å². The van der Waals surface area contributed by atoms with Gasteiger partial charge < -0.3 is 35.3 Å². The summed E-state index contributed by atoms with van der Waals surface area (Å²) in [7, 11) is 4.56. The van der Waals surface area contributed by atoms with Gasteiger partial charge in [-0.2, -0.15) is 0 Å². The van der Waals surface area contributed by atoms with Crippen LogP contribution in [0.25, 0.3) is 11.1 Å². The first-order valence-corrected chi connectivity index (χ1v) is 13.7. The monoisotopic (exact) mass is 589 g/mol. The van der Waals surface area contributed by atoms with Crippen LogP contribution in [0.4, 0.5) is 5.69 Å². The van der Waals surface area contributed by atoms with E-state index in [0.717, 1.165) is 5.56 Å². The van der Waals surface area contributed by atoms with Crippen molar-refractivity contribution in [2.75, 3.05) is 26.6 Å². The Kier molecular flexibility index (Phi) is 9.54. The standard InChI is InChI=1S/C32H35N3O8/c1-17(31(38)35-28(32(39)40)19-9-7-6-8-10-19)33-24-14-12-21-22(16-25(24)37)23(34-18(2)36)13-11-20-15-26(41-3)29(42-4)30(43-5)27(20)21/h6-10,12,14-17,23,28H,11,13H2,1-5H3,(H,33,37)(H,34,36)(H,35,38)(H,39,40)/t17-,23-,28-/m0/s1. The van der Waals surface area contributed by atoms with Crippen molar-refractivity contribution in [3.8, 4) is 28.4 Å². The predicted molar refractivity (Wildman–Crippen MR) is 161 cm³/mol. The molecule has 0 bridgehead atoms. The van der Waals surface area contributed by atoms with Crippen molar-refractivity contribution in [1.82, 2.24) is 10.6 Å². The number of methoxy groups -OCH3 is 3. The first kappa shape index (κ1) is 30.9. The molecule has 4 N–H and O–H groups in total. The van der Waals surface area contributed by atoms with E-state index in [1.165, 1.54) is 41.2 Å². The van der Waals surface area contributed by atoms with Gasteiger partial charge in [-0.1, -0.05) is 36.4 Å². The smallest absolute Gasteiger partial charge is 0.330 e. The Morgan fingerprint density at radius 2 is 1.65 bits per heavy atom. The van der Waals surface area contributed by atoms with Gasteiger partial charge in [0.25, 0.3) is 0 Å². The highest BCUT2D eigenvalue weighted by Crippen LogP contribution is 2.50. The molecule has 0 saturated carbocycles. The van der Waals surface area contributed by atoms with Crippen LogP contribution in [0.1, 0.15) is 49.0 Å². The molecule has 4 rings (SSSR count). The summed E-state index contributed by atoms with van der Waals surface area (Å²) >= 11 is 0. The molecule has 0 aromatic heterocycles. The van der Waals surface area contributed by atoms with Crippen LogP contribution in [0.15, 0.2) is 59.4 Å². The molecule has 1 aliphatic rings. The topological polar surface area (TPSA) is 152 Å². The fraction of sp³-hybridized carbons (Fsp3) is 0.312. The lowest BCUT2D eigenvalue weighted by Crippen LogP contribution is -2.42. The molecule has 3 atom stereocenters. The maximum absolute atomic E-state index is 13.6. The number of carbonyl (C=O) groups excluding carboxylic acids is 2. The number of carbonyl (C=O) groups is 3. The lowest BCUT2D eigenvalue weighted by Gasteiger charge is -2.19. The van der Waals surface area contributed by atoms with E-state index in [1.54, 1.807) is 42.5 Å². The second-order valence-corrected chi connectivity index (χ2v) is 10.2. The summed E-state index contributed by atoms with van der Waals surface area (Å²) in [5.41, 5.74) is 2.90. The minimum absolute atomic E-state index is 0.116. The van der Waals surface area contributed by atoms with E-state index < -0.39 is 35.4 Å². The Morgan fingerprint density at radius 3 is 2.26 bits per heavy atom. The zero-order valence-electron chi connectivity index (χ0n) is 24.6. The molecular weight excluding hydrogens is 554 g/mol. The van der Waals surface area contributed by atoms with Gasteiger partial charge in [-0.15, -0.1) is 0 Å². The Hall–Kier alpha value is -5.06. The van der Waals surface area contributed by atoms with Crippen LogP contribution in [-0.4, -0.2) is 50.3 Å². The summed E-state index contributed by atoms with van der Waals surface area (Å²) in [4.78, 5) is 50.7. The number of hydrogen-bond donors (Lipinski definition) is 4. The van der Waals surface area contributed by atoms with E-state index in [9.17, 15) is 24.3 Å². The van der Waals surface area contributed by atoms with Crippen molar-refractivity contribution in [1.29, 1.82) is 0 Å². The van der Waals surface area contributed by atoms with Gasteiger partial charge in [0.1, 0.15) is 6.04 Å². The van der Waals surface area contributed by atoms with Gasteiger partial charge in [0, 0.05) is 12.5 Å². The van der Waals surface area contributed by atoms with Crippen molar-refractivity contribution in [3.05, 3.63) is 81.5 Å². The summed E-state index contributed by atoms with van der Waals surface area (Å²) in [6.07, 6.45) is 1.05. The highest BCUT2D eigenvalue weighted by molar-refractivity contribution is 5.89. The predicted octanol–water partition coefficient (Wildman–Crippen LogP) is 3.61. The molecule has 226 valence electrons. The van der Waals surface area contributed by atoms with Crippen LogP contribution in [0.5, 0.6) is 17.2 Å². The molecule has 11 heteroatoms. The quantitative estimate of drug-likeness (QED) is 0.278. The van der Waals surface area contributed by atoms with Crippen LogP contribution in [0, 0.1) is 0 Å². The van der Waals surface area contributed by atoms with Gasteiger partial charge in [-0.25, -0.2) is 4.79 Å². The summed E-state index contributed by atoms with van der Waals surface area (Å²) < 4.78 is 17.0. The number of ether oxygens (including phenoxy) is 3. The van der Waals surface area contributed by atoms with Crippen molar-refractivity contribution in [3.63, 3.8) is 0 Å². The Bertz CT molecular complexity index is 1590. The molecule has 3 aromatic rings. The van der Waals surface area contributed by atoms with Crippen LogP contribution in [-0.2, 0) is 20.8 Å². The third kappa shape index (κ3) is 6.56. The van der Waals surface area contributed by atoms with Gasteiger partial charge in [0.2, 0.25) is 23.0 Å². The van der Waals surface area contributed by atoms with Gasteiger partial charge in [-0.05, 0) is 60.2 Å². The minimum Gasteiger partial charge on any atom is -0.493 e. The molecular formula is C32H35N3O8. The van der Waals surface area contributed by atoms with Crippen molar-refractivity contribution < 1.29 is 33.7 Å². The summed E-state index contributed by atoms with van der Waals surface area (Å²) in [6, 6.07) is 12.2. The Morgan fingerprint density at radius 1 is 0.953 bits per heavy atom. The molecule has 0 saturated heterocycles. The molecule has 0 radical (unpaired) electrons. The highest BCUT2D eigenvalue weighted by Gasteiger charge is 2.30. The molecule has 2 amide bonds. The highest BCUT2D eigenvalue weighted by atomic mass is 16.5. The van der Waals surface area contributed by atoms with Crippen LogP contribution >= 0.6 is 0 Å². The number of amides is 2. The molecule has 0 fully saturated rings. The van der Waals surface area contributed by atoms with E-state index >= 15 is 0 Å². The minimum atomic E-state index is -1.26. The van der Waals surface area contributed by atoms with E-state index in [-0.39, 0.29) is 11.6 Å². The largest absolute Gasteiger partial charge is 0.493 e. The molecule has 43 heavy (non-hydrogen) atoms. The molecule has 11 nitrogen and oxygen atoms in total. The summed E-state index contributed by atoms with van der Waals surface area (Å²) in [5.74, 6) is -0.781. The van der Waals surface area contributed by atoms with Crippen molar-refractivity contribution in [2.24, 2.45) is 0 Å². The number of fused-ring (bicyclic) bond motifs is 3. The van der Waals surface area contributed by atoms with Crippen molar-refractivity contribution in [2.45, 2.75) is 44.8 Å². The third-order valence-electron chi connectivity index (χ3n) is 7.35. The Labute approximate surface area is 249 Å². The van der Waals surface area contributed by atoms with Crippen LogP contribution in [0.3, 0.4) is 0 Å². The molecule has 0 heterocycles.